The van der Waals surface area contributed by atoms with Crippen LogP contribution in [0.25, 0.3) is 0 Å². The average Bonchev–Trinajstić information content (AvgIpc) is 2.95. The van der Waals surface area contributed by atoms with E-state index in [4.69, 9.17) is 21.1 Å². The molecule has 1 aliphatic heterocycles. The molecule has 0 saturated heterocycles. The van der Waals surface area contributed by atoms with Crippen molar-refractivity contribution in [3.63, 3.8) is 0 Å². The fourth-order valence-electron chi connectivity index (χ4n) is 2.14. The topological polar surface area (TPSA) is 138 Å². The van der Waals surface area contributed by atoms with Crippen molar-refractivity contribution in [2.45, 2.75) is 25.4 Å². The van der Waals surface area contributed by atoms with Crippen LogP contribution in [-0.4, -0.2) is 41.2 Å². The molecule has 0 unspecified atom stereocenters. The predicted octanol–water partition coefficient (Wildman–Crippen LogP) is 0.445. The van der Waals surface area contributed by atoms with E-state index >= 15 is 0 Å². The van der Waals surface area contributed by atoms with E-state index in [9.17, 15) is 9.59 Å². The smallest absolute Gasteiger partial charge is 0.305 e. The third-order valence-corrected chi connectivity index (χ3v) is 3.34. The third kappa shape index (κ3) is 4.80. The molecular formula is C15H18N4O4. The quantitative estimate of drug-likeness (QED) is 0.427. The summed E-state index contributed by atoms with van der Waals surface area (Å²) in [5.74, 6) is -1.22. The number of nitrogen functional groups attached to an aromatic ring is 1. The minimum Gasteiger partial charge on any atom is -0.481 e. The number of carboxylic acid groups (broad SMARTS) is 1. The maximum Gasteiger partial charge on any atom is 0.305 e. The van der Waals surface area contributed by atoms with Crippen molar-refractivity contribution in [3.8, 4) is 0 Å². The van der Waals surface area contributed by atoms with Gasteiger partial charge in [0.25, 0.3) is 0 Å². The van der Waals surface area contributed by atoms with Crippen molar-refractivity contribution in [2.75, 3.05) is 6.54 Å². The summed E-state index contributed by atoms with van der Waals surface area (Å²) in [5.41, 5.74) is 7.60. The summed E-state index contributed by atoms with van der Waals surface area (Å²) >= 11 is 0. The number of hydrogen-bond acceptors (Lipinski definition) is 5. The highest BCUT2D eigenvalue weighted by Crippen LogP contribution is 2.19. The monoisotopic (exact) mass is 318 g/mol. The summed E-state index contributed by atoms with van der Waals surface area (Å²) in [6.07, 6.45) is 0.146. The number of oxime groups is 1. The molecular weight excluding hydrogens is 300 g/mol. The van der Waals surface area contributed by atoms with E-state index in [1.54, 1.807) is 24.3 Å². The Morgan fingerprint density at radius 3 is 2.70 bits per heavy atom. The zero-order valence-electron chi connectivity index (χ0n) is 12.4. The first-order chi connectivity index (χ1) is 11.0. The van der Waals surface area contributed by atoms with Crippen LogP contribution in [0.1, 0.15) is 30.4 Å². The number of aliphatic carboxylic acids is 1. The molecule has 0 spiro atoms. The van der Waals surface area contributed by atoms with Gasteiger partial charge in [-0.05, 0) is 5.56 Å². The number of benzene rings is 1. The summed E-state index contributed by atoms with van der Waals surface area (Å²) in [7, 11) is 0. The van der Waals surface area contributed by atoms with E-state index < -0.39 is 5.97 Å². The van der Waals surface area contributed by atoms with Crippen LogP contribution in [0.2, 0.25) is 0 Å². The second-order valence-corrected chi connectivity index (χ2v) is 5.16. The van der Waals surface area contributed by atoms with Gasteiger partial charge in [-0.15, -0.1) is 0 Å². The third-order valence-electron chi connectivity index (χ3n) is 3.34. The first-order valence-electron chi connectivity index (χ1n) is 7.11. The number of hydrogen-bond donors (Lipinski definition) is 4. The van der Waals surface area contributed by atoms with Crippen LogP contribution in [0, 0.1) is 5.41 Å². The van der Waals surface area contributed by atoms with Crippen molar-refractivity contribution in [3.05, 3.63) is 35.4 Å². The van der Waals surface area contributed by atoms with E-state index in [1.807, 2.05) is 0 Å². The van der Waals surface area contributed by atoms with Gasteiger partial charge in [0, 0.05) is 18.5 Å². The molecule has 0 saturated carbocycles. The fraction of sp³-hybridized carbons (Fsp3) is 0.333. The normalized spacial score (nSPS) is 16.3. The Bertz CT molecular complexity index is 639. The van der Waals surface area contributed by atoms with Crippen molar-refractivity contribution < 1.29 is 19.5 Å². The lowest BCUT2D eigenvalue weighted by Crippen LogP contribution is -2.29. The molecule has 5 N–H and O–H groups in total. The molecule has 1 heterocycles. The van der Waals surface area contributed by atoms with Crippen LogP contribution in [0.3, 0.4) is 0 Å². The minimum atomic E-state index is -0.956. The minimum absolute atomic E-state index is 0.00271. The van der Waals surface area contributed by atoms with Crippen LogP contribution in [0.5, 0.6) is 0 Å². The van der Waals surface area contributed by atoms with Gasteiger partial charge in [0.15, 0.2) is 0 Å². The highest BCUT2D eigenvalue weighted by molar-refractivity contribution is 6.02. The molecule has 23 heavy (non-hydrogen) atoms. The molecule has 0 aliphatic carbocycles. The van der Waals surface area contributed by atoms with E-state index in [2.05, 4.69) is 10.5 Å². The Labute approximate surface area is 132 Å². The van der Waals surface area contributed by atoms with Gasteiger partial charge in [-0.3, -0.25) is 15.0 Å². The van der Waals surface area contributed by atoms with Crippen molar-refractivity contribution in [1.82, 2.24) is 5.32 Å². The van der Waals surface area contributed by atoms with Gasteiger partial charge in [0.2, 0.25) is 5.91 Å². The largest absolute Gasteiger partial charge is 0.481 e. The number of amidine groups is 1. The van der Waals surface area contributed by atoms with Gasteiger partial charge < -0.3 is 21.0 Å². The zero-order valence-corrected chi connectivity index (χ0v) is 12.4. The van der Waals surface area contributed by atoms with Crippen molar-refractivity contribution >= 4 is 23.4 Å². The summed E-state index contributed by atoms with van der Waals surface area (Å²) in [5, 5.41) is 22.4. The summed E-state index contributed by atoms with van der Waals surface area (Å²) < 4.78 is 0. The van der Waals surface area contributed by atoms with Gasteiger partial charge in [-0.2, -0.15) is 0 Å². The lowest BCUT2D eigenvalue weighted by atomic mass is 10.0. The number of nitrogens with zero attached hydrogens (tertiary/aromatic N) is 1. The number of carbonyl (C=O) groups excluding carboxylic acids is 1. The Hall–Kier alpha value is -2.90. The van der Waals surface area contributed by atoms with Crippen LogP contribution >= 0.6 is 0 Å². The second-order valence-electron chi connectivity index (χ2n) is 5.16. The fourth-order valence-corrected chi connectivity index (χ4v) is 2.14. The molecule has 122 valence electrons. The Kier molecular flexibility index (Phi) is 5.29. The van der Waals surface area contributed by atoms with Gasteiger partial charge in [0.1, 0.15) is 11.9 Å². The van der Waals surface area contributed by atoms with Gasteiger partial charge in [0.05, 0.1) is 18.6 Å². The Morgan fingerprint density at radius 1 is 1.39 bits per heavy atom. The highest BCUT2D eigenvalue weighted by atomic mass is 16.6. The van der Waals surface area contributed by atoms with E-state index in [0.29, 0.717) is 12.0 Å². The molecule has 8 heteroatoms. The standard InChI is InChI=1S/C15H18N4O4/c16-15(17)10-3-1-9(2-4-10)12-7-11(23-19-12)8-13(20)18-6-5-14(21)22/h1-4,11H,5-8H2,(H3,16,17)(H,18,20)(H,21,22)/t11-/m0/s1. The second kappa shape index (κ2) is 7.39. The van der Waals surface area contributed by atoms with Crippen molar-refractivity contribution in [2.24, 2.45) is 10.9 Å². The molecule has 8 nitrogen and oxygen atoms in total. The first-order valence-corrected chi connectivity index (χ1v) is 7.11. The first kappa shape index (κ1) is 16.5. The summed E-state index contributed by atoms with van der Waals surface area (Å²) in [6, 6.07) is 7.06. The number of carboxylic acids is 1. The SMILES string of the molecule is N=C(N)c1ccc(C2=NO[C@H](CC(=O)NCCC(=O)O)C2)cc1. The van der Waals surface area contributed by atoms with E-state index in [-0.39, 0.29) is 37.2 Å². The van der Waals surface area contributed by atoms with Crippen LogP contribution in [0.15, 0.2) is 29.4 Å². The molecule has 0 radical (unpaired) electrons. The molecule has 0 fully saturated rings. The van der Waals surface area contributed by atoms with Crippen LogP contribution < -0.4 is 11.1 Å². The Balaban J connectivity index is 1.82. The molecule has 1 aliphatic rings. The molecule has 0 aromatic heterocycles. The van der Waals surface area contributed by atoms with E-state index in [0.717, 1.165) is 11.3 Å². The van der Waals surface area contributed by atoms with Gasteiger partial charge in [-0.1, -0.05) is 29.4 Å². The van der Waals surface area contributed by atoms with Crippen LogP contribution in [-0.2, 0) is 14.4 Å². The maximum absolute atomic E-state index is 11.7. The zero-order chi connectivity index (χ0) is 16.8. The number of rotatable bonds is 7. The van der Waals surface area contributed by atoms with Gasteiger partial charge in [-0.25, -0.2) is 0 Å². The number of amides is 1. The molecule has 1 aromatic carbocycles. The van der Waals surface area contributed by atoms with Gasteiger partial charge >= 0.3 is 5.97 Å². The number of nitrogens with one attached hydrogen (secondary N) is 2. The lowest BCUT2D eigenvalue weighted by Gasteiger charge is -2.08. The van der Waals surface area contributed by atoms with E-state index in [1.165, 1.54) is 0 Å². The van der Waals surface area contributed by atoms with Crippen LogP contribution in [0.4, 0.5) is 0 Å². The molecule has 1 aromatic rings. The molecule has 2 rings (SSSR count). The Morgan fingerprint density at radius 2 is 2.09 bits per heavy atom. The maximum atomic E-state index is 11.7. The highest BCUT2D eigenvalue weighted by Gasteiger charge is 2.24. The summed E-state index contributed by atoms with van der Waals surface area (Å²) in [6.45, 7) is 0.0983. The predicted molar refractivity (Wildman–Crippen MR) is 83.4 cm³/mol. The van der Waals surface area contributed by atoms with Crippen molar-refractivity contribution in [1.29, 1.82) is 5.41 Å². The lowest BCUT2D eigenvalue weighted by molar-refractivity contribution is -0.136. The summed E-state index contributed by atoms with van der Waals surface area (Å²) in [4.78, 5) is 27.3. The average molecular weight is 318 g/mol. The number of carbonyl (C=O) groups is 2. The molecule has 0 bridgehead atoms. The number of nitrogens with two attached hydrogens (primary N) is 1. The molecule has 1 atom stereocenters. The molecule has 1 amide bonds.